The van der Waals surface area contributed by atoms with Crippen LogP contribution in [0.2, 0.25) is 0 Å². The molecular formula is C35H36Cl3F6N7O5. The Morgan fingerprint density at radius 2 is 1.41 bits per heavy atom. The van der Waals surface area contributed by atoms with Crippen LogP contribution in [-0.4, -0.2) is 85.4 Å². The van der Waals surface area contributed by atoms with Crippen molar-refractivity contribution in [1.82, 2.24) is 19.8 Å². The van der Waals surface area contributed by atoms with Gasteiger partial charge in [-0.3, -0.25) is 14.5 Å². The Balaban J connectivity index is 0.000000439. The van der Waals surface area contributed by atoms with Crippen molar-refractivity contribution in [2.75, 3.05) is 56.2 Å². The molecule has 1 N–H and O–H groups in total. The van der Waals surface area contributed by atoms with Gasteiger partial charge in [0.2, 0.25) is 11.8 Å². The summed E-state index contributed by atoms with van der Waals surface area (Å²) in [5.74, 6) is 0.159. The molecule has 0 atom stereocenters. The molecule has 21 heteroatoms. The van der Waals surface area contributed by atoms with Crippen LogP contribution in [0.15, 0.2) is 79.1 Å². The Morgan fingerprint density at radius 3 is 1.95 bits per heavy atom. The summed E-state index contributed by atoms with van der Waals surface area (Å²) in [4.78, 5) is 33.6. The Labute approximate surface area is 336 Å². The van der Waals surface area contributed by atoms with Gasteiger partial charge in [-0.1, -0.05) is 18.2 Å². The van der Waals surface area contributed by atoms with Crippen molar-refractivity contribution in [1.29, 1.82) is 5.26 Å². The molecule has 56 heavy (non-hydrogen) atoms. The minimum absolute atomic E-state index is 0. The Morgan fingerprint density at radius 1 is 0.804 bits per heavy atom. The van der Waals surface area contributed by atoms with E-state index >= 15 is 0 Å². The van der Waals surface area contributed by atoms with E-state index in [0.29, 0.717) is 62.0 Å². The summed E-state index contributed by atoms with van der Waals surface area (Å²) in [7, 11) is 1.51. The lowest BCUT2D eigenvalue weighted by atomic mass is 10.1. The highest BCUT2D eigenvalue weighted by molar-refractivity contribution is 5.96. The number of piperazine rings is 2. The Hall–Kier alpha value is -4.93. The highest BCUT2D eigenvalue weighted by Crippen LogP contribution is 2.29. The molecule has 0 aliphatic carbocycles. The van der Waals surface area contributed by atoms with Crippen LogP contribution in [-0.2, 0) is 22.7 Å². The molecule has 6 rings (SSSR count). The predicted octanol–water partition coefficient (Wildman–Crippen LogP) is 6.35. The van der Waals surface area contributed by atoms with E-state index in [0.717, 1.165) is 11.4 Å². The SMILES string of the molecule is COc1cc(Cn2ccnc2CN2CCN(c3cccc(OC(F)(F)F)c3)C(=O)C2)ccc1C#N.Cl.Cl.Cl.O=C1CNCCN1c1cccc(OC(F)(F)F)c1. The molecule has 2 aliphatic rings. The lowest BCUT2D eigenvalue weighted by molar-refractivity contribution is -0.275. The van der Waals surface area contributed by atoms with Crippen molar-refractivity contribution in [2.24, 2.45) is 0 Å². The summed E-state index contributed by atoms with van der Waals surface area (Å²) < 4.78 is 88.8. The van der Waals surface area contributed by atoms with Crippen LogP contribution in [0.5, 0.6) is 17.2 Å². The van der Waals surface area contributed by atoms with Crippen LogP contribution in [0.4, 0.5) is 37.7 Å². The third-order valence-electron chi connectivity index (χ3n) is 8.02. The number of nitriles is 1. The zero-order chi connectivity index (χ0) is 38.2. The van der Waals surface area contributed by atoms with Crippen molar-refractivity contribution in [3.8, 4) is 23.3 Å². The number of amides is 2. The molecule has 0 radical (unpaired) electrons. The van der Waals surface area contributed by atoms with Crippen molar-refractivity contribution < 1.29 is 50.1 Å². The molecule has 3 heterocycles. The van der Waals surface area contributed by atoms with Crippen LogP contribution in [0, 0.1) is 11.3 Å². The maximum Gasteiger partial charge on any atom is 0.573 e. The number of nitrogens with zero attached hydrogens (tertiary/aromatic N) is 6. The maximum absolute atomic E-state index is 12.8. The zero-order valence-corrected chi connectivity index (χ0v) is 31.8. The monoisotopic (exact) mass is 853 g/mol. The van der Waals surface area contributed by atoms with Crippen LogP contribution in [0.1, 0.15) is 17.0 Å². The van der Waals surface area contributed by atoms with Crippen molar-refractivity contribution in [2.45, 2.75) is 25.8 Å². The van der Waals surface area contributed by atoms with Crippen molar-refractivity contribution >= 4 is 60.4 Å². The van der Waals surface area contributed by atoms with Crippen LogP contribution in [0.25, 0.3) is 0 Å². The number of carbonyl (C=O) groups excluding carboxylic acids is 2. The summed E-state index contributed by atoms with van der Waals surface area (Å²) >= 11 is 0. The molecule has 1 aromatic heterocycles. The van der Waals surface area contributed by atoms with E-state index in [9.17, 15) is 35.9 Å². The Kier molecular flexibility index (Phi) is 17.6. The number of benzene rings is 3. The lowest BCUT2D eigenvalue weighted by Gasteiger charge is -2.34. The summed E-state index contributed by atoms with van der Waals surface area (Å²) in [6.07, 6.45) is -6.01. The second-order valence-corrected chi connectivity index (χ2v) is 11.7. The van der Waals surface area contributed by atoms with E-state index in [-0.39, 0.29) is 73.6 Å². The number of hydrogen-bond donors (Lipinski definition) is 1. The number of alkyl halides is 6. The number of ether oxygens (including phenoxy) is 3. The second kappa shape index (κ2) is 20.8. The van der Waals surface area contributed by atoms with Gasteiger partial charge in [0.15, 0.2) is 0 Å². The number of halogens is 9. The quantitative estimate of drug-likeness (QED) is 0.192. The maximum atomic E-state index is 12.8. The van der Waals surface area contributed by atoms with Gasteiger partial charge >= 0.3 is 12.7 Å². The predicted molar refractivity (Wildman–Crippen MR) is 200 cm³/mol. The smallest absolute Gasteiger partial charge is 0.495 e. The minimum Gasteiger partial charge on any atom is -0.495 e. The first-order valence-corrected chi connectivity index (χ1v) is 16.0. The van der Waals surface area contributed by atoms with Gasteiger partial charge in [0, 0.05) is 68.6 Å². The fraction of sp³-hybridized carbons (Fsp3) is 0.314. The van der Waals surface area contributed by atoms with Gasteiger partial charge in [-0.25, -0.2) is 4.98 Å². The van der Waals surface area contributed by atoms with Crippen molar-refractivity contribution in [3.05, 3.63) is 96.1 Å². The number of rotatable bonds is 9. The number of imidazole rings is 1. The summed E-state index contributed by atoms with van der Waals surface area (Å²) in [6, 6.07) is 18.3. The van der Waals surface area contributed by atoms with Gasteiger partial charge in [-0.15, -0.1) is 63.6 Å². The van der Waals surface area contributed by atoms with Gasteiger partial charge in [0.1, 0.15) is 29.1 Å². The molecule has 0 saturated carbocycles. The van der Waals surface area contributed by atoms with E-state index in [1.54, 1.807) is 30.5 Å². The van der Waals surface area contributed by atoms with E-state index in [2.05, 4.69) is 25.8 Å². The first-order valence-electron chi connectivity index (χ1n) is 16.0. The highest BCUT2D eigenvalue weighted by Gasteiger charge is 2.33. The molecule has 2 aliphatic heterocycles. The zero-order valence-electron chi connectivity index (χ0n) is 29.4. The molecule has 0 bridgehead atoms. The van der Waals surface area contributed by atoms with E-state index in [1.807, 2.05) is 21.7 Å². The summed E-state index contributed by atoms with van der Waals surface area (Å²) in [5, 5.41) is 12.0. The van der Waals surface area contributed by atoms with Gasteiger partial charge in [0.25, 0.3) is 0 Å². The molecule has 2 amide bonds. The van der Waals surface area contributed by atoms with E-state index < -0.39 is 12.7 Å². The molecule has 4 aromatic rings. The fourth-order valence-corrected chi connectivity index (χ4v) is 5.67. The number of aromatic nitrogens is 2. The number of methoxy groups -OCH3 is 1. The fourth-order valence-electron chi connectivity index (χ4n) is 5.67. The number of hydrogen-bond acceptors (Lipinski definition) is 9. The first-order chi connectivity index (χ1) is 25.2. The van der Waals surface area contributed by atoms with Gasteiger partial charge in [0.05, 0.1) is 32.3 Å². The van der Waals surface area contributed by atoms with Crippen LogP contribution in [0.3, 0.4) is 0 Å². The Bertz CT molecular complexity index is 1960. The highest BCUT2D eigenvalue weighted by atomic mass is 35.5. The topological polar surface area (TPSA) is 125 Å². The largest absolute Gasteiger partial charge is 0.573 e. The molecular weight excluding hydrogens is 819 g/mol. The van der Waals surface area contributed by atoms with E-state index in [1.165, 1.54) is 53.3 Å². The summed E-state index contributed by atoms with van der Waals surface area (Å²) in [5.41, 5.74) is 2.15. The third-order valence-corrected chi connectivity index (χ3v) is 8.02. The standard InChI is InChI=1S/C24H22F3N5O3.C11H11F3N2O2.3ClH/c1-34-21-11-17(5-6-18(21)13-28)14-31-8-7-29-22(31)15-30-9-10-32(23(33)16-30)19-3-2-4-20(12-19)35-24(25,26)27;12-11(13,14)18-9-3-1-2-8(6-9)16-5-4-15-7-10(16)17;;;/h2-8,11-12H,9-10,14-16H2,1H3;1-3,6,15H,4-5,7H2;3*1H. The first kappa shape index (κ1) is 47.2. The second-order valence-electron chi connectivity index (χ2n) is 11.7. The van der Waals surface area contributed by atoms with Crippen LogP contribution >= 0.6 is 37.2 Å². The lowest BCUT2D eigenvalue weighted by Crippen LogP contribution is -2.50. The molecule has 0 unspecified atom stereocenters. The van der Waals surface area contributed by atoms with E-state index in [4.69, 9.17) is 10.00 Å². The average Bonchev–Trinajstić information content (AvgIpc) is 3.53. The van der Waals surface area contributed by atoms with Gasteiger partial charge < -0.3 is 33.9 Å². The molecule has 12 nitrogen and oxygen atoms in total. The molecule has 2 saturated heterocycles. The average molecular weight is 855 g/mol. The minimum atomic E-state index is -4.80. The number of carbonyl (C=O) groups is 2. The normalized spacial score (nSPS) is 14.5. The van der Waals surface area contributed by atoms with Gasteiger partial charge in [-0.2, -0.15) is 5.26 Å². The van der Waals surface area contributed by atoms with Crippen molar-refractivity contribution in [3.63, 3.8) is 0 Å². The van der Waals surface area contributed by atoms with Crippen LogP contribution < -0.4 is 29.3 Å². The molecule has 0 spiro atoms. The summed E-state index contributed by atoms with van der Waals surface area (Å²) in [6.45, 7) is 3.10. The third kappa shape index (κ3) is 13.4. The molecule has 2 fully saturated rings. The molecule has 304 valence electrons. The number of anilines is 2. The molecule has 3 aromatic carbocycles. The van der Waals surface area contributed by atoms with Gasteiger partial charge in [-0.05, 0) is 42.0 Å². The number of nitrogens with one attached hydrogen (secondary N) is 1.